The van der Waals surface area contributed by atoms with Crippen LogP contribution in [0.25, 0.3) is 0 Å². The maximum absolute atomic E-state index is 6.41. The normalized spacial score (nSPS) is 20.7. The van der Waals surface area contributed by atoms with Crippen LogP contribution in [0.15, 0.2) is 18.2 Å². The number of hydrogen-bond donors (Lipinski definition) is 1. The Morgan fingerprint density at radius 2 is 2.00 bits per heavy atom. The van der Waals surface area contributed by atoms with E-state index in [0.717, 1.165) is 31.9 Å². The molecule has 1 aromatic carbocycles. The predicted octanol–water partition coefficient (Wildman–Crippen LogP) is 2.54. The molecule has 1 saturated heterocycles. The van der Waals surface area contributed by atoms with Crippen molar-refractivity contribution in [3.05, 3.63) is 33.8 Å². The van der Waals surface area contributed by atoms with E-state index < -0.39 is 5.66 Å². The summed E-state index contributed by atoms with van der Waals surface area (Å²) in [6, 6.07) is 5.66. The van der Waals surface area contributed by atoms with Gasteiger partial charge in [-0.3, -0.25) is 4.90 Å². The van der Waals surface area contributed by atoms with Crippen molar-refractivity contribution in [3.8, 4) is 0 Å². The Bertz CT molecular complexity index is 417. The van der Waals surface area contributed by atoms with Gasteiger partial charge in [0.2, 0.25) is 0 Å². The maximum atomic E-state index is 6.41. The topological polar surface area (TPSA) is 38.5 Å². The number of benzene rings is 1. The van der Waals surface area contributed by atoms with Crippen molar-refractivity contribution in [1.29, 1.82) is 0 Å². The zero-order chi connectivity index (χ0) is 13.2. The fraction of sp³-hybridized carbons (Fsp3) is 0.538. The van der Waals surface area contributed by atoms with Gasteiger partial charge in [-0.15, -0.1) is 0 Å². The number of nitrogens with two attached hydrogens (primary N) is 1. The summed E-state index contributed by atoms with van der Waals surface area (Å²) in [5.74, 6) is 0. The number of halogens is 2. The highest BCUT2D eigenvalue weighted by atomic mass is 35.5. The van der Waals surface area contributed by atoms with E-state index in [1.54, 1.807) is 6.07 Å². The standard InChI is InChI=1S/C13H18Cl2N2O/c1-13(16,17-5-7-18-8-6-17)9-10-3-2-4-11(14)12(10)15/h2-4H,5-9,16H2,1H3. The molecular weight excluding hydrogens is 271 g/mol. The summed E-state index contributed by atoms with van der Waals surface area (Å²) >= 11 is 12.2. The first-order chi connectivity index (χ1) is 8.50. The molecule has 0 aliphatic carbocycles. The Kier molecular flexibility index (Phi) is 4.51. The van der Waals surface area contributed by atoms with Crippen molar-refractivity contribution in [2.75, 3.05) is 26.3 Å². The predicted molar refractivity (Wildman–Crippen MR) is 75.2 cm³/mol. The van der Waals surface area contributed by atoms with Gasteiger partial charge in [-0.2, -0.15) is 0 Å². The third kappa shape index (κ3) is 3.16. The Balaban J connectivity index is 2.13. The van der Waals surface area contributed by atoms with Crippen LogP contribution in [-0.2, 0) is 11.2 Å². The molecule has 100 valence electrons. The summed E-state index contributed by atoms with van der Waals surface area (Å²) in [5.41, 5.74) is 6.97. The molecule has 1 unspecified atom stereocenters. The van der Waals surface area contributed by atoms with Crippen LogP contribution in [0.4, 0.5) is 0 Å². The second-order valence-corrected chi connectivity index (χ2v) is 5.63. The molecule has 1 aliphatic rings. The lowest BCUT2D eigenvalue weighted by Gasteiger charge is -2.40. The van der Waals surface area contributed by atoms with E-state index in [2.05, 4.69) is 4.90 Å². The maximum Gasteiger partial charge on any atom is 0.0701 e. The smallest absolute Gasteiger partial charge is 0.0701 e. The van der Waals surface area contributed by atoms with Gasteiger partial charge in [-0.25, -0.2) is 0 Å². The average Bonchev–Trinajstić information content (AvgIpc) is 2.36. The first-order valence-corrected chi connectivity index (χ1v) is 6.81. The molecule has 1 heterocycles. The Hall–Kier alpha value is -0.320. The third-order valence-corrected chi connectivity index (χ3v) is 4.17. The minimum atomic E-state index is -0.432. The van der Waals surface area contributed by atoms with E-state index in [9.17, 15) is 0 Å². The van der Waals surface area contributed by atoms with Crippen LogP contribution in [0.3, 0.4) is 0 Å². The molecule has 0 amide bonds. The molecule has 1 fully saturated rings. The van der Waals surface area contributed by atoms with Crippen LogP contribution in [0.1, 0.15) is 12.5 Å². The van der Waals surface area contributed by atoms with Crippen molar-refractivity contribution < 1.29 is 4.74 Å². The third-order valence-electron chi connectivity index (χ3n) is 3.31. The van der Waals surface area contributed by atoms with Gasteiger partial charge in [0.25, 0.3) is 0 Å². The molecule has 0 radical (unpaired) electrons. The zero-order valence-electron chi connectivity index (χ0n) is 10.5. The molecule has 0 aromatic heterocycles. The van der Waals surface area contributed by atoms with E-state index in [1.165, 1.54) is 0 Å². The van der Waals surface area contributed by atoms with Crippen LogP contribution in [0.5, 0.6) is 0 Å². The van der Waals surface area contributed by atoms with Crippen LogP contribution in [0.2, 0.25) is 10.0 Å². The molecule has 1 aromatic rings. The summed E-state index contributed by atoms with van der Waals surface area (Å²) in [6.45, 7) is 5.19. The largest absolute Gasteiger partial charge is 0.379 e. The first-order valence-electron chi connectivity index (χ1n) is 6.05. The van der Waals surface area contributed by atoms with E-state index >= 15 is 0 Å². The first kappa shape index (κ1) is 14.1. The van der Waals surface area contributed by atoms with Crippen molar-refractivity contribution in [1.82, 2.24) is 4.90 Å². The van der Waals surface area contributed by atoms with E-state index in [0.29, 0.717) is 16.5 Å². The quantitative estimate of drug-likeness (QED) is 0.929. The number of morpholine rings is 1. The van der Waals surface area contributed by atoms with Crippen molar-refractivity contribution in [2.24, 2.45) is 5.73 Å². The van der Waals surface area contributed by atoms with Crippen molar-refractivity contribution in [2.45, 2.75) is 19.0 Å². The van der Waals surface area contributed by atoms with Gasteiger partial charge in [0.15, 0.2) is 0 Å². The van der Waals surface area contributed by atoms with Crippen LogP contribution in [0, 0.1) is 0 Å². The number of ether oxygens (including phenoxy) is 1. The molecule has 2 rings (SSSR count). The molecule has 2 N–H and O–H groups in total. The second kappa shape index (κ2) is 5.76. The molecular formula is C13H18Cl2N2O. The van der Waals surface area contributed by atoms with Crippen LogP contribution < -0.4 is 5.73 Å². The van der Waals surface area contributed by atoms with E-state index in [-0.39, 0.29) is 0 Å². The lowest BCUT2D eigenvalue weighted by atomic mass is 10.00. The summed E-state index contributed by atoms with van der Waals surface area (Å²) in [4.78, 5) is 2.23. The SMILES string of the molecule is CC(N)(Cc1cccc(Cl)c1Cl)N1CCOCC1. The Morgan fingerprint density at radius 3 is 2.67 bits per heavy atom. The fourth-order valence-electron chi connectivity index (χ4n) is 2.26. The minimum absolute atomic E-state index is 0.432. The summed E-state index contributed by atoms with van der Waals surface area (Å²) < 4.78 is 5.34. The molecule has 5 heteroatoms. The molecule has 1 aliphatic heterocycles. The number of hydrogen-bond acceptors (Lipinski definition) is 3. The van der Waals surface area contributed by atoms with Crippen molar-refractivity contribution >= 4 is 23.2 Å². The monoisotopic (exact) mass is 288 g/mol. The minimum Gasteiger partial charge on any atom is -0.379 e. The molecule has 0 bridgehead atoms. The highest BCUT2D eigenvalue weighted by molar-refractivity contribution is 6.42. The van der Waals surface area contributed by atoms with Gasteiger partial charge in [0, 0.05) is 19.5 Å². The van der Waals surface area contributed by atoms with Crippen LogP contribution in [-0.4, -0.2) is 36.9 Å². The van der Waals surface area contributed by atoms with E-state index in [1.807, 2.05) is 19.1 Å². The molecule has 1 atom stereocenters. The Morgan fingerprint density at radius 1 is 1.33 bits per heavy atom. The zero-order valence-corrected chi connectivity index (χ0v) is 12.0. The lowest BCUT2D eigenvalue weighted by molar-refractivity contribution is -0.0142. The van der Waals surface area contributed by atoms with Crippen LogP contribution >= 0.6 is 23.2 Å². The Labute approximate surface area is 118 Å². The summed E-state index contributed by atoms with van der Waals surface area (Å²) in [5, 5.41) is 1.18. The highest BCUT2D eigenvalue weighted by Gasteiger charge is 2.29. The van der Waals surface area contributed by atoms with Gasteiger partial charge < -0.3 is 10.5 Å². The summed E-state index contributed by atoms with van der Waals surface area (Å²) in [7, 11) is 0. The van der Waals surface area contributed by atoms with E-state index in [4.69, 9.17) is 33.7 Å². The molecule has 0 spiro atoms. The lowest BCUT2D eigenvalue weighted by Crippen LogP contribution is -2.58. The molecule has 18 heavy (non-hydrogen) atoms. The second-order valence-electron chi connectivity index (χ2n) is 4.85. The van der Waals surface area contributed by atoms with Gasteiger partial charge >= 0.3 is 0 Å². The molecule has 3 nitrogen and oxygen atoms in total. The van der Waals surface area contributed by atoms with Crippen molar-refractivity contribution in [3.63, 3.8) is 0 Å². The molecule has 0 saturated carbocycles. The number of rotatable bonds is 3. The average molecular weight is 289 g/mol. The summed E-state index contributed by atoms with van der Waals surface area (Å²) in [6.07, 6.45) is 0.673. The fourth-order valence-corrected chi connectivity index (χ4v) is 2.64. The van der Waals surface area contributed by atoms with Gasteiger partial charge in [-0.1, -0.05) is 35.3 Å². The van der Waals surface area contributed by atoms with Gasteiger partial charge in [0.1, 0.15) is 0 Å². The highest BCUT2D eigenvalue weighted by Crippen LogP contribution is 2.28. The number of nitrogens with zero attached hydrogens (tertiary/aromatic N) is 1. The van der Waals surface area contributed by atoms with Gasteiger partial charge in [0.05, 0.1) is 28.9 Å². The van der Waals surface area contributed by atoms with Gasteiger partial charge in [-0.05, 0) is 18.6 Å².